The van der Waals surface area contributed by atoms with Gasteiger partial charge in [0.2, 0.25) is 5.91 Å². The Morgan fingerprint density at radius 3 is 2.40 bits per heavy atom. The fraction of sp³-hybridized carbons (Fsp3) is 0.941. The van der Waals surface area contributed by atoms with Crippen LogP contribution in [0.4, 0.5) is 0 Å². The second kappa shape index (κ2) is 6.46. The van der Waals surface area contributed by atoms with Gasteiger partial charge in [0.1, 0.15) is 0 Å². The van der Waals surface area contributed by atoms with E-state index in [-0.39, 0.29) is 23.3 Å². The maximum absolute atomic E-state index is 12.5. The smallest absolute Gasteiger partial charge is 0.223 e. The van der Waals surface area contributed by atoms with E-state index in [1.54, 1.807) is 0 Å². The zero-order valence-electron chi connectivity index (χ0n) is 13.5. The SMILES string of the molecule is CC(C)(C)C(CN)NC(=O)C1CCC2CCCCC2C1. The van der Waals surface area contributed by atoms with E-state index in [0.717, 1.165) is 24.7 Å². The molecule has 3 N–H and O–H groups in total. The molecule has 116 valence electrons. The molecule has 0 heterocycles. The molecule has 0 aromatic heterocycles. The predicted octanol–water partition coefficient (Wildman–Crippen LogP) is 3.08. The number of fused-ring (bicyclic) bond motifs is 1. The van der Waals surface area contributed by atoms with Crippen LogP contribution < -0.4 is 11.1 Å². The Kier molecular flexibility index (Phi) is 5.11. The number of nitrogens with two attached hydrogens (primary N) is 1. The highest BCUT2D eigenvalue weighted by atomic mass is 16.1. The molecule has 3 nitrogen and oxygen atoms in total. The van der Waals surface area contributed by atoms with Crippen LogP contribution in [0.1, 0.15) is 65.7 Å². The minimum Gasteiger partial charge on any atom is -0.351 e. The van der Waals surface area contributed by atoms with Crippen LogP contribution in [0.3, 0.4) is 0 Å². The van der Waals surface area contributed by atoms with Crippen LogP contribution in [0.2, 0.25) is 0 Å². The number of hydrogen-bond donors (Lipinski definition) is 2. The number of rotatable bonds is 3. The third kappa shape index (κ3) is 3.75. The van der Waals surface area contributed by atoms with Gasteiger partial charge in [-0.1, -0.05) is 46.5 Å². The Morgan fingerprint density at radius 1 is 1.15 bits per heavy atom. The summed E-state index contributed by atoms with van der Waals surface area (Å²) in [5.74, 6) is 2.19. The fourth-order valence-electron chi connectivity index (χ4n) is 4.03. The lowest BCUT2D eigenvalue weighted by Gasteiger charge is -2.40. The van der Waals surface area contributed by atoms with Gasteiger partial charge in [-0.3, -0.25) is 4.79 Å². The highest BCUT2D eigenvalue weighted by Gasteiger charge is 2.36. The summed E-state index contributed by atoms with van der Waals surface area (Å²) in [5.41, 5.74) is 5.86. The second-order valence-corrected chi connectivity index (χ2v) is 7.98. The molecule has 20 heavy (non-hydrogen) atoms. The van der Waals surface area contributed by atoms with Crippen LogP contribution >= 0.6 is 0 Å². The van der Waals surface area contributed by atoms with Gasteiger partial charge in [-0.25, -0.2) is 0 Å². The summed E-state index contributed by atoms with van der Waals surface area (Å²) in [6.07, 6.45) is 8.94. The Balaban J connectivity index is 1.89. The van der Waals surface area contributed by atoms with Crippen LogP contribution in [0.5, 0.6) is 0 Å². The Morgan fingerprint density at radius 2 is 1.80 bits per heavy atom. The van der Waals surface area contributed by atoms with Gasteiger partial charge in [0, 0.05) is 18.5 Å². The normalized spacial score (nSPS) is 32.3. The highest BCUT2D eigenvalue weighted by Crippen LogP contribution is 2.42. The molecule has 0 aromatic rings. The monoisotopic (exact) mass is 280 g/mol. The molecule has 2 rings (SSSR count). The van der Waals surface area contributed by atoms with Gasteiger partial charge in [0.15, 0.2) is 0 Å². The summed E-state index contributed by atoms with van der Waals surface area (Å²) in [6.45, 7) is 6.95. The fourth-order valence-corrected chi connectivity index (χ4v) is 4.03. The summed E-state index contributed by atoms with van der Waals surface area (Å²) >= 11 is 0. The van der Waals surface area contributed by atoms with Gasteiger partial charge in [0.25, 0.3) is 0 Å². The molecule has 2 fully saturated rings. The van der Waals surface area contributed by atoms with Gasteiger partial charge in [0.05, 0.1) is 0 Å². The number of carbonyl (C=O) groups is 1. The van der Waals surface area contributed by atoms with Crippen LogP contribution in [-0.4, -0.2) is 18.5 Å². The Hall–Kier alpha value is -0.570. The molecule has 2 aliphatic carbocycles. The summed E-state index contributed by atoms with van der Waals surface area (Å²) < 4.78 is 0. The number of hydrogen-bond acceptors (Lipinski definition) is 2. The standard InChI is InChI=1S/C17H32N2O/c1-17(2,3)15(11-18)19-16(20)14-9-8-12-6-4-5-7-13(12)10-14/h12-15H,4-11,18H2,1-3H3,(H,19,20). The molecule has 0 radical (unpaired) electrons. The van der Waals surface area contributed by atoms with Gasteiger partial charge in [-0.05, 0) is 36.5 Å². The van der Waals surface area contributed by atoms with Crippen molar-refractivity contribution in [2.45, 2.75) is 71.8 Å². The molecule has 4 unspecified atom stereocenters. The first-order valence-electron chi connectivity index (χ1n) is 8.42. The molecular formula is C17H32N2O. The quantitative estimate of drug-likeness (QED) is 0.834. The average Bonchev–Trinajstić information content (AvgIpc) is 2.42. The van der Waals surface area contributed by atoms with Gasteiger partial charge >= 0.3 is 0 Å². The molecule has 0 spiro atoms. The molecule has 0 aliphatic heterocycles. The number of carbonyl (C=O) groups excluding carboxylic acids is 1. The Bertz CT molecular complexity index is 334. The lowest BCUT2D eigenvalue weighted by atomic mass is 9.67. The van der Waals surface area contributed by atoms with E-state index in [1.807, 2.05) is 0 Å². The van der Waals surface area contributed by atoms with E-state index in [1.165, 1.54) is 32.1 Å². The molecule has 0 bridgehead atoms. The van der Waals surface area contributed by atoms with Crippen LogP contribution in [-0.2, 0) is 4.79 Å². The topological polar surface area (TPSA) is 55.1 Å². The molecule has 0 aromatic carbocycles. The third-order valence-corrected chi connectivity index (χ3v) is 5.51. The summed E-state index contributed by atoms with van der Waals surface area (Å²) in [4.78, 5) is 12.5. The van der Waals surface area contributed by atoms with E-state index in [4.69, 9.17) is 5.73 Å². The van der Waals surface area contributed by atoms with E-state index in [9.17, 15) is 4.79 Å². The second-order valence-electron chi connectivity index (χ2n) is 7.98. The van der Waals surface area contributed by atoms with Crippen molar-refractivity contribution in [2.24, 2.45) is 28.9 Å². The maximum atomic E-state index is 12.5. The van der Waals surface area contributed by atoms with Gasteiger partial charge in [-0.15, -0.1) is 0 Å². The summed E-state index contributed by atoms with van der Waals surface area (Å²) in [6, 6.07) is 0.0825. The van der Waals surface area contributed by atoms with Crippen LogP contribution in [0, 0.1) is 23.2 Å². The zero-order chi connectivity index (χ0) is 14.8. The lowest BCUT2D eigenvalue weighted by Crippen LogP contribution is -2.51. The molecule has 1 amide bonds. The largest absolute Gasteiger partial charge is 0.351 e. The van der Waals surface area contributed by atoms with Crippen molar-refractivity contribution in [3.05, 3.63) is 0 Å². The predicted molar refractivity (Wildman–Crippen MR) is 83.2 cm³/mol. The minimum atomic E-state index is 0.0342. The lowest BCUT2D eigenvalue weighted by molar-refractivity contribution is -0.128. The van der Waals surface area contributed by atoms with E-state index >= 15 is 0 Å². The Labute approximate surface area is 124 Å². The van der Waals surface area contributed by atoms with Crippen molar-refractivity contribution in [1.82, 2.24) is 5.32 Å². The molecule has 3 heteroatoms. The molecule has 2 saturated carbocycles. The van der Waals surface area contributed by atoms with Crippen molar-refractivity contribution in [3.63, 3.8) is 0 Å². The van der Waals surface area contributed by atoms with Crippen molar-refractivity contribution in [2.75, 3.05) is 6.54 Å². The zero-order valence-corrected chi connectivity index (χ0v) is 13.5. The molecule has 0 saturated heterocycles. The number of nitrogens with one attached hydrogen (secondary N) is 1. The first-order chi connectivity index (χ1) is 9.41. The number of amides is 1. The molecular weight excluding hydrogens is 248 g/mol. The third-order valence-electron chi connectivity index (χ3n) is 5.51. The first-order valence-corrected chi connectivity index (χ1v) is 8.42. The van der Waals surface area contributed by atoms with Crippen molar-refractivity contribution in [1.29, 1.82) is 0 Å². The average molecular weight is 280 g/mol. The van der Waals surface area contributed by atoms with Crippen molar-refractivity contribution >= 4 is 5.91 Å². The molecule has 4 atom stereocenters. The van der Waals surface area contributed by atoms with Crippen molar-refractivity contribution < 1.29 is 4.79 Å². The van der Waals surface area contributed by atoms with Crippen LogP contribution in [0.15, 0.2) is 0 Å². The minimum absolute atomic E-state index is 0.0342. The van der Waals surface area contributed by atoms with Gasteiger partial charge in [-0.2, -0.15) is 0 Å². The first kappa shape index (κ1) is 15.8. The maximum Gasteiger partial charge on any atom is 0.223 e. The molecule has 2 aliphatic rings. The van der Waals surface area contributed by atoms with E-state index < -0.39 is 0 Å². The highest BCUT2D eigenvalue weighted by molar-refractivity contribution is 5.79. The van der Waals surface area contributed by atoms with Crippen molar-refractivity contribution in [3.8, 4) is 0 Å². The summed E-state index contributed by atoms with van der Waals surface area (Å²) in [5, 5.41) is 3.21. The van der Waals surface area contributed by atoms with Gasteiger partial charge < -0.3 is 11.1 Å². The van der Waals surface area contributed by atoms with E-state index in [2.05, 4.69) is 26.1 Å². The summed E-state index contributed by atoms with van der Waals surface area (Å²) in [7, 11) is 0. The van der Waals surface area contributed by atoms with E-state index in [0.29, 0.717) is 6.54 Å². The van der Waals surface area contributed by atoms with Crippen LogP contribution in [0.25, 0.3) is 0 Å².